The standard InChI is InChI=1S/C14H15FN2O2S/c1-8(12-7-20-9(2)17-12)16-14(19)6-10-3-4-13(18)11(15)5-10/h3-5,7-8,18H,6H2,1-2H3,(H,16,19)/t8-/m0/s1. The van der Waals surface area contributed by atoms with Gasteiger partial charge in [-0.3, -0.25) is 4.79 Å². The summed E-state index contributed by atoms with van der Waals surface area (Å²) in [4.78, 5) is 16.2. The summed E-state index contributed by atoms with van der Waals surface area (Å²) in [5.41, 5.74) is 1.33. The molecular weight excluding hydrogens is 279 g/mol. The van der Waals surface area contributed by atoms with Crippen LogP contribution in [0.25, 0.3) is 0 Å². The number of aromatic hydroxyl groups is 1. The summed E-state index contributed by atoms with van der Waals surface area (Å²) in [5, 5.41) is 14.8. The molecule has 0 bridgehead atoms. The maximum absolute atomic E-state index is 13.2. The van der Waals surface area contributed by atoms with E-state index in [9.17, 15) is 9.18 Å². The van der Waals surface area contributed by atoms with Gasteiger partial charge in [0.05, 0.1) is 23.2 Å². The first-order valence-electron chi connectivity index (χ1n) is 6.14. The van der Waals surface area contributed by atoms with E-state index in [2.05, 4.69) is 10.3 Å². The molecule has 0 aliphatic carbocycles. The fourth-order valence-corrected chi connectivity index (χ4v) is 2.50. The van der Waals surface area contributed by atoms with Crippen molar-refractivity contribution in [1.29, 1.82) is 0 Å². The van der Waals surface area contributed by atoms with Crippen LogP contribution in [0.4, 0.5) is 4.39 Å². The number of hydrogen-bond acceptors (Lipinski definition) is 4. The topological polar surface area (TPSA) is 62.2 Å². The van der Waals surface area contributed by atoms with Crippen molar-refractivity contribution in [2.24, 2.45) is 0 Å². The molecule has 106 valence electrons. The number of phenols is 1. The molecule has 6 heteroatoms. The van der Waals surface area contributed by atoms with Crippen LogP contribution in [0, 0.1) is 12.7 Å². The third-order valence-corrected chi connectivity index (χ3v) is 3.63. The van der Waals surface area contributed by atoms with Crippen LogP contribution in [-0.2, 0) is 11.2 Å². The van der Waals surface area contributed by atoms with E-state index in [0.29, 0.717) is 5.56 Å². The second-order valence-electron chi connectivity index (χ2n) is 4.54. The number of hydrogen-bond donors (Lipinski definition) is 2. The number of carbonyl (C=O) groups excluding carboxylic acids is 1. The third kappa shape index (κ3) is 3.54. The fraction of sp³-hybridized carbons (Fsp3) is 0.286. The smallest absolute Gasteiger partial charge is 0.224 e. The van der Waals surface area contributed by atoms with Crippen LogP contribution in [0.2, 0.25) is 0 Å². The second kappa shape index (κ2) is 6.00. The van der Waals surface area contributed by atoms with Crippen LogP contribution in [0.3, 0.4) is 0 Å². The Kier molecular flexibility index (Phi) is 4.34. The first kappa shape index (κ1) is 14.5. The maximum atomic E-state index is 13.2. The lowest BCUT2D eigenvalue weighted by molar-refractivity contribution is -0.121. The number of nitrogens with zero attached hydrogens (tertiary/aromatic N) is 1. The van der Waals surface area contributed by atoms with Gasteiger partial charge >= 0.3 is 0 Å². The zero-order valence-corrected chi connectivity index (χ0v) is 12.0. The Morgan fingerprint density at radius 1 is 1.55 bits per heavy atom. The van der Waals surface area contributed by atoms with Crippen LogP contribution >= 0.6 is 11.3 Å². The lowest BCUT2D eigenvalue weighted by Crippen LogP contribution is -2.28. The molecule has 20 heavy (non-hydrogen) atoms. The lowest BCUT2D eigenvalue weighted by atomic mass is 10.1. The minimum atomic E-state index is -0.724. The lowest BCUT2D eigenvalue weighted by Gasteiger charge is -2.11. The number of phenolic OH excluding ortho intramolecular Hbond substituents is 1. The van der Waals surface area contributed by atoms with Gasteiger partial charge in [-0.1, -0.05) is 6.07 Å². The normalized spacial score (nSPS) is 12.2. The van der Waals surface area contributed by atoms with E-state index < -0.39 is 11.6 Å². The highest BCUT2D eigenvalue weighted by atomic mass is 32.1. The van der Waals surface area contributed by atoms with E-state index >= 15 is 0 Å². The Balaban J connectivity index is 1.96. The van der Waals surface area contributed by atoms with Gasteiger partial charge in [-0.15, -0.1) is 11.3 Å². The first-order chi connectivity index (χ1) is 9.45. The van der Waals surface area contributed by atoms with Gasteiger partial charge in [-0.25, -0.2) is 9.37 Å². The molecular formula is C14H15FN2O2S. The van der Waals surface area contributed by atoms with Gasteiger partial charge in [0.15, 0.2) is 11.6 Å². The van der Waals surface area contributed by atoms with E-state index in [0.717, 1.165) is 16.8 Å². The van der Waals surface area contributed by atoms with Crippen molar-refractivity contribution in [3.8, 4) is 5.75 Å². The van der Waals surface area contributed by atoms with Gasteiger partial charge in [-0.05, 0) is 31.5 Å². The quantitative estimate of drug-likeness (QED) is 0.911. The molecule has 0 saturated carbocycles. The first-order valence-corrected chi connectivity index (χ1v) is 7.02. The molecule has 2 N–H and O–H groups in total. The minimum Gasteiger partial charge on any atom is -0.505 e. The predicted octanol–water partition coefficient (Wildman–Crippen LogP) is 2.72. The van der Waals surface area contributed by atoms with E-state index in [4.69, 9.17) is 5.11 Å². The molecule has 1 aromatic carbocycles. The van der Waals surface area contributed by atoms with Crippen LogP contribution in [-0.4, -0.2) is 16.0 Å². The number of benzene rings is 1. The molecule has 0 spiro atoms. The summed E-state index contributed by atoms with van der Waals surface area (Å²) in [6.45, 7) is 3.76. The molecule has 0 radical (unpaired) electrons. The molecule has 0 fully saturated rings. The zero-order valence-electron chi connectivity index (χ0n) is 11.2. The summed E-state index contributed by atoms with van der Waals surface area (Å²) in [6, 6.07) is 3.74. The number of carbonyl (C=O) groups is 1. The summed E-state index contributed by atoms with van der Waals surface area (Å²) in [6.07, 6.45) is 0.0602. The minimum absolute atomic E-state index is 0.0602. The maximum Gasteiger partial charge on any atom is 0.224 e. The van der Waals surface area contributed by atoms with E-state index in [1.54, 1.807) is 0 Å². The van der Waals surface area contributed by atoms with Crippen molar-refractivity contribution < 1.29 is 14.3 Å². The number of thiazole rings is 1. The summed E-state index contributed by atoms with van der Waals surface area (Å²) in [5.74, 6) is -1.35. The van der Waals surface area contributed by atoms with Crippen LogP contribution in [0.15, 0.2) is 23.6 Å². The SMILES string of the molecule is Cc1nc([C@H](C)NC(=O)Cc2ccc(O)c(F)c2)cs1. The Bertz CT molecular complexity index is 627. The molecule has 0 aliphatic heterocycles. The zero-order chi connectivity index (χ0) is 14.7. The number of amides is 1. The van der Waals surface area contributed by atoms with Crippen molar-refractivity contribution in [1.82, 2.24) is 10.3 Å². The molecule has 1 atom stereocenters. The van der Waals surface area contributed by atoms with Gasteiger partial charge in [0, 0.05) is 5.38 Å². The molecule has 1 aromatic heterocycles. The Morgan fingerprint density at radius 2 is 2.30 bits per heavy atom. The van der Waals surface area contributed by atoms with E-state index in [1.165, 1.54) is 23.5 Å². The Labute approximate surface area is 120 Å². The summed E-state index contributed by atoms with van der Waals surface area (Å²) >= 11 is 1.53. The van der Waals surface area contributed by atoms with E-state index in [1.807, 2.05) is 19.2 Å². The number of aromatic nitrogens is 1. The molecule has 0 unspecified atom stereocenters. The van der Waals surface area contributed by atoms with Gasteiger partial charge < -0.3 is 10.4 Å². The van der Waals surface area contributed by atoms with Gasteiger partial charge in [0.25, 0.3) is 0 Å². The molecule has 0 aliphatic rings. The molecule has 1 heterocycles. The van der Waals surface area contributed by atoms with E-state index in [-0.39, 0.29) is 18.4 Å². The van der Waals surface area contributed by atoms with Crippen LogP contribution < -0.4 is 5.32 Å². The second-order valence-corrected chi connectivity index (χ2v) is 5.61. The van der Waals surface area contributed by atoms with Crippen molar-refractivity contribution in [3.05, 3.63) is 45.7 Å². The number of nitrogens with one attached hydrogen (secondary N) is 1. The highest BCUT2D eigenvalue weighted by Crippen LogP contribution is 2.18. The van der Waals surface area contributed by atoms with Crippen LogP contribution in [0.5, 0.6) is 5.75 Å². The Morgan fingerprint density at radius 3 is 2.90 bits per heavy atom. The number of rotatable bonds is 4. The highest BCUT2D eigenvalue weighted by Gasteiger charge is 2.13. The van der Waals surface area contributed by atoms with Crippen molar-refractivity contribution in [2.75, 3.05) is 0 Å². The molecule has 1 amide bonds. The van der Waals surface area contributed by atoms with Crippen molar-refractivity contribution in [2.45, 2.75) is 26.3 Å². The van der Waals surface area contributed by atoms with Crippen molar-refractivity contribution >= 4 is 17.2 Å². The average molecular weight is 294 g/mol. The fourth-order valence-electron chi connectivity index (χ4n) is 1.79. The monoisotopic (exact) mass is 294 g/mol. The highest BCUT2D eigenvalue weighted by molar-refractivity contribution is 7.09. The van der Waals surface area contributed by atoms with Gasteiger partial charge in [-0.2, -0.15) is 0 Å². The Hall–Kier alpha value is -1.95. The van der Waals surface area contributed by atoms with Crippen LogP contribution in [0.1, 0.15) is 29.2 Å². The van der Waals surface area contributed by atoms with Gasteiger partial charge in [0.1, 0.15) is 0 Å². The molecule has 2 rings (SSSR count). The largest absolute Gasteiger partial charge is 0.505 e. The molecule has 2 aromatic rings. The summed E-state index contributed by atoms with van der Waals surface area (Å²) < 4.78 is 13.2. The van der Waals surface area contributed by atoms with Crippen molar-refractivity contribution in [3.63, 3.8) is 0 Å². The number of aryl methyl sites for hydroxylation is 1. The predicted molar refractivity (Wildman–Crippen MR) is 75.2 cm³/mol. The third-order valence-electron chi connectivity index (χ3n) is 2.83. The number of halogens is 1. The molecule has 4 nitrogen and oxygen atoms in total. The summed E-state index contributed by atoms with van der Waals surface area (Å²) in [7, 11) is 0. The average Bonchev–Trinajstić information content (AvgIpc) is 2.80. The van der Waals surface area contributed by atoms with Gasteiger partial charge in [0.2, 0.25) is 5.91 Å². The molecule has 0 saturated heterocycles.